The normalized spacial score (nSPS) is 10.3. The summed E-state index contributed by atoms with van der Waals surface area (Å²) in [6.45, 7) is 1.87. The van der Waals surface area contributed by atoms with Crippen LogP contribution in [-0.4, -0.2) is 14.8 Å². The van der Waals surface area contributed by atoms with E-state index in [4.69, 9.17) is 5.26 Å². The van der Waals surface area contributed by atoms with Crippen LogP contribution >= 0.6 is 11.8 Å². The Labute approximate surface area is 108 Å². The summed E-state index contributed by atoms with van der Waals surface area (Å²) in [5.74, 6) is 0.992. The summed E-state index contributed by atoms with van der Waals surface area (Å²) in [6, 6.07) is 6.27. The molecule has 0 saturated carbocycles. The van der Waals surface area contributed by atoms with Crippen LogP contribution in [0.15, 0.2) is 23.4 Å². The first-order valence-corrected chi connectivity index (χ1v) is 6.27. The van der Waals surface area contributed by atoms with Gasteiger partial charge < -0.3 is 4.57 Å². The lowest BCUT2D eigenvalue weighted by Crippen LogP contribution is -1.94. The van der Waals surface area contributed by atoms with Gasteiger partial charge in [0.05, 0.1) is 11.6 Å². The lowest BCUT2D eigenvalue weighted by Gasteiger charge is -2.03. The Morgan fingerprint density at radius 3 is 2.78 bits per heavy atom. The van der Waals surface area contributed by atoms with E-state index in [0.29, 0.717) is 11.3 Å². The fourth-order valence-electron chi connectivity index (χ4n) is 1.46. The van der Waals surface area contributed by atoms with Crippen LogP contribution in [0, 0.1) is 24.1 Å². The van der Waals surface area contributed by atoms with Crippen LogP contribution in [0.4, 0.5) is 4.39 Å². The van der Waals surface area contributed by atoms with Crippen LogP contribution < -0.4 is 0 Å². The van der Waals surface area contributed by atoms with Crippen molar-refractivity contribution in [3.63, 3.8) is 0 Å². The van der Waals surface area contributed by atoms with Crippen LogP contribution in [0.25, 0.3) is 0 Å². The summed E-state index contributed by atoms with van der Waals surface area (Å²) < 4.78 is 15.1. The van der Waals surface area contributed by atoms with Crippen LogP contribution in [0.3, 0.4) is 0 Å². The highest BCUT2D eigenvalue weighted by Gasteiger charge is 2.07. The molecule has 2 rings (SSSR count). The van der Waals surface area contributed by atoms with Gasteiger partial charge in [0, 0.05) is 12.8 Å². The third-order valence-electron chi connectivity index (χ3n) is 2.51. The molecule has 18 heavy (non-hydrogen) atoms. The molecule has 2 aromatic rings. The molecule has 0 aliphatic rings. The Balaban J connectivity index is 2.13. The summed E-state index contributed by atoms with van der Waals surface area (Å²) in [7, 11) is 1.88. The van der Waals surface area contributed by atoms with Crippen molar-refractivity contribution in [1.29, 1.82) is 5.26 Å². The van der Waals surface area contributed by atoms with Crippen LogP contribution in [0.1, 0.15) is 17.0 Å². The molecule has 0 N–H and O–H groups in total. The summed E-state index contributed by atoms with van der Waals surface area (Å²) >= 11 is 1.46. The van der Waals surface area contributed by atoms with Gasteiger partial charge in [0.25, 0.3) is 0 Å². The van der Waals surface area contributed by atoms with Crippen molar-refractivity contribution in [2.75, 3.05) is 0 Å². The quantitative estimate of drug-likeness (QED) is 0.797. The molecular weight excluding hydrogens is 251 g/mol. The smallest absolute Gasteiger partial charge is 0.191 e. The van der Waals surface area contributed by atoms with E-state index >= 15 is 0 Å². The van der Waals surface area contributed by atoms with Crippen molar-refractivity contribution >= 4 is 11.8 Å². The number of nitrogens with zero attached hydrogens (tertiary/aromatic N) is 4. The topological polar surface area (TPSA) is 54.5 Å². The second kappa shape index (κ2) is 5.19. The van der Waals surface area contributed by atoms with Gasteiger partial charge in [-0.25, -0.2) is 4.39 Å². The van der Waals surface area contributed by atoms with Gasteiger partial charge in [0.2, 0.25) is 0 Å². The Morgan fingerprint density at radius 1 is 1.39 bits per heavy atom. The van der Waals surface area contributed by atoms with Crippen molar-refractivity contribution in [1.82, 2.24) is 14.8 Å². The van der Waals surface area contributed by atoms with Gasteiger partial charge in [-0.3, -0.25) is 0 Å². The monoisotopic (exact) mass is 262 g/mol. The standard InChI is InChI=1S/C12H11FN4S/c1-8-15-16-12(17(8)2)18-7-10-3-9(6-14)4-11(13)5-10/h3-5H,7H2,1-2H3. The molecule has 0 saturated heterocycles. The van der Waals surface area contributed by atoms with Gasteiger partial charge in [-0.2, -0.15) is 5.26 Å². The van der Waals surface area contributed by atoms with E-state index < -0.39 is 5.82 Å². The molecular formula is C12H11FN4S. The van der Waals surface area contributed by atoms with Crippen molar-refractivity contribution in [3.05, 3.63) is 41.0 Å². The number of thioether (sulfide) groups is 1. The lowest BCUT2D eigenvalue weighted by atomic mass is 10.1. The molecule has 0 aliphatic carbocycles. The predicted octanol–water partition coefficient (Wildman–Crippen LogP) is 2.43. The van der Waals surface area contributed by atoms with Crippen molar-refractivity contribution in [2.45, 2.75) is 17.8 Å². The summed E-state index contributed by atoms with van der Waals surface area (Å²) in [5.41, 5.74) is 1.09. The van der Waals surface area contributed by atoms with Crippen molar-refractivity contribution in [2.24, 2.45) is 7.05 Å². The van der Waals surface area contributed by atoms with Crippen LogP contribution in [-0.2, 0) is 12.8 Å². The average Bonchev–Trinajstić information content (AvgIpc) is 2.67. The van der Waals surface area contributed by atoms with Gasteiger partial charge in [-0.05, 0) is 30.7 Å². The molecule has 0 amide bonds. The summed E-state index contributed by atoms with van der Waals surface area (Å²) in [6.07, 6.45) is 0. The van der Waals surface area contributed by atoms with E-state index in [1.54, 1.807) is 6.07 Å². The molecule has 0 spiro atoms. The molecule has 92 valence electrons. The molecule has 0 unspecified atom stereocenters. The molecule has 1 aromatic carbocycles. The average molecular weight is 262 g/mol. The molecule has 6 heteroatoms. The minimum absolute atomic E-state index is 0.333. The SMILES string of the molecule is Cc1nnc(SCc2cc(F)cc(C#N)c2)n1C. The van der Waals surface area contributed by atoms with Gasteiger partial charge in [0.1, 0.15) is 11.6 Å². The maximum atomic E-state index is 13.2. The van der Waals surface area contributed by atoms with Crippen LogP contribution in [0.2, 0.25) is 0 Å². The van der Waals surface area contributed by atoms with E-state index in [1.807, 2.05) is 24.6 Å². The van der Waals surface area contributed by atoms with Crippen LogP contribution in [0.5, 0.6) is 0 Å². The number of aromatic nitrogens is 3. The molecule has 1 aromatic heterocycles. The maximum absolute atomic E-state index is 13.2. The highest BCUT2D eigenvalue weighted by atomic mass is 32.2. The zero-order valence-electron chi connectivity index (χ0n) is 10.0. The Morgan fingerprint density at radius 2 is 2.17 bits per heavy atom. The van der Waals surface area contributed by atoms with E-state index in [0.717, 1.165) is 16.5 Å². The molecule has 0 radical (unpaired) electrons. The fraction of sp³-hybridized carbons (Fsp3) is 0.250. The minimum Gasteiger partial charge on any atom is -0.309 e. The molecule has 0 aliphatic heterocycles. The zero-order valence-corrected chi connectivity index (χ0v) is 10.8. The zero-order chi connectivity index (χ0) is 13.1. The van der Waals surface area contributed by atoms with E-state index in [1.165, 1.54) is 23.9 Å². The number of benzene rings is 1. The molecule has 4 nitrogen and oxygen atoms in total. The highest BCUT2D eigenvalue weighted by Crippen LogP contribution is 2.22. The first-order valence-electron chi connectivity index (χ1n) is 5.28. The Kier molecular flexibility index (Phi) is 3.63. The number of hydrogen-bond acceptors (Lipinski definition) is 4. The number of nitriles is 1. The van der Waals surface area contributed by atoms with E-state index in [2.05, 4.69) is 10.2 Å². The minimum atomic E-state index is -0.390. The molecule has 1 heterocycles. The highest BCUT2D eigenvalue weighted by molar-refractivity contribution is 7.98. The first-order chi connectivity index (χ1) is 8.60. The first kappa shape index (κ1) is 12.6. The summed E-state index contributed by atoms with van der Waals surface area (Å²) in [5, 5.41) is 17.5. The van der Waals surface area contributed by atoms with Gasteiger partial charge in [0.15, 0.2) is 5.16 Å². The molecule has 0 fully saturated rings. The number of halogens is 1. The number of aryl methyl sites for hydroxylation is 1. The maximum Gasteiger partial charge on any atom is 0.191 e. The second-order valence-corrected chi connectivity index (χ2v) is 4.78. The van der Waals surface area contributed by atoms with E-state index in [9.17, 15) is 4.39 Å². The van der Waals surface area contributed by atoms with E-state index in [-0.39, 0.29) is 0 Å². The Hall–Kier alpha value is -1.87. The largest absolute Gasteiger partial charge is 0.309 e. The predicted molar refractivity (Wildman–Crippen MR) is 66.4 cm³/mol. The third-order valence-corrected chi connectivity index (χ3v) is 3.60. The lowest BCUT2D eigenvalue weighted by molar-refractivity contribution is 0.626. The van der Waals surface area contributed by atoms with Crippen molar-refractivity contribution in [3.8, 4) is 6.07 Å². The summed E-state index contributed by atoms with van der Waals surface area (Å²) in [4.78, 5) is 0. The third kappa shape index (κ3) is 2.68. The molecule has 0 bridgehead atoms. The second-order valence-electron chi connectivity index (χ2n) is 3.84. The van der Waals surface area contributed by atoms with Gasteiger partial charge in [-0.15, -0.1) is 10.2 Å². The van der Waals surface area contributed by atoms with Gasteiger partial charge in [-0.1, -0.05) is 11.8 Å². The molecule has 0 atom stereocenters. The number of hydrogen-bond donors (Lipinski definition) is 0. The number of rotatable bonds is 3. The van der Waals surface area contributed by atoms with Crippen molar-refractivity contribution < 1.29 is 4.39 Å². The fourth-order valence-corrected chi connectivity index (χ4v) is 2.35. The van der Waals surface area contributed by atoms with Gasteiger partial charge >= 0.3 is 0 Å². The Bertz CT molecular complexity index is 615.